The van der Waals surface area contributed by atoms with Crippen LogP contribution in [0.5, 0.6) is 0 Å². The fourth-order valence-electron chi connectivity index (χ4n) is 3.25. The van der Waals surface area contributed by atoms with Crippen LogP contribution < -0.4 is 10.2 Å². The molecule has 0 unspecified atom stereocenters. The number of piperidine rings is 1. The highest BCUT2D eigenvalue weighted by molar-refractivity contribution is 5.38. The Bertz CT molecular complexity index is 829. The molecule has 7 heteroatoms. The molecule has 1 aromatic carbocycles. The van der Waals surface area contributed by atoms with Crippen LogP contribution in [0, 0.1) is 6.92 Å². The van der Waals surface area contributed by atoms with Crippen LogP contribution in [0.2, 0.25) is 0 Å². The van der Waals surface area contributed by atoms with Gasteiger partial charge in [0, 0.05) is 25.7 Å². The van der Waals surface area contributed by atoms with Crippen LogP contribution in [0.25, 0.3) is 5.69 Å². The number of aryl methyl sites for hydroxylation is 1. The van der Waals surface area contributed by atoms with Gasteiger partial charge in [0.25, 0.3) is 0 Å². The minimum atomic E-state index is 0.411. The maximum atomic E-state index is 4.31. The third kappa shape index (κ3) is 3.88. The molecule has 4 rings (SSSR count). The molecule has 0 spiro atoms. The minimum absolute atomic E-state index is 0.411. The Morgan fingerprint density at radius 1 is 1.08 bits per heavy atom. The molecule has 1 fully saturated rings. The summed E-state index contributed by atoms with van der Waals surface area (Å²) >= 11 is 0. The van der Waals surface area contributed by atoms with Gasteiger partial charge in [-0.1, -0.05) is 23.4 Å². The Balaban J connectivity index is 1.34. The summed E-state index contributed by atoms with van der Waals surface area (Å²) in [6.45, 7) is 4.63. The summed E-state index contributed by atoms with van der Waals surface area (Å²) in [6, 6.07) is 14.5. The van der Waals surface area contributed by atoms with Crippen molar-refractivity contribution in [3.63, 3.8) is 0 Å². The molecule has 1 saturated heterocycles. The summed E-state index contributed by atoms with van der Waals surface area (Å²) in [5.41, 5.74) is 2.91. The molecule has 0 saturated carbocycles. The topological polar surface area (TPSA) is 71.8 Å². The van der Waals surface area contributed by atoms with E-state index < -0.39 is 0 Å². The number of para-hydroxylation sites is 1. The Hall–Kier alpha value is -2.80. The first-order valence-corrected chi connectivity index (χ1v) is 9.03. The molecular formula is C19H23N7. The van der Waals surface area contributed by atoms with Crippen molar-refractivity contribution in [2.75, 3.05) is 18.0 Å². The summed E-state index contributed by atoms with van der Waals surface area (Å²) in [5, 5.41) is 20.6. The van der Waals surface area contributed by atoms with Crippen LogP contribution in [0.15, 0.2) is 48.7 Å². The first kappa shape index (κ1) is 16.7. The molecule has 3 heterocycles. The second kappa shape index (κ2) is 7.61. The minimum Gasteiger partial charge on any atom is -0.354 e. The Morgan fingerprint density at radius 3 is 2.77 bits per heavy atom. The van der Waals surface area contributed by atoms with Gasteiger partial charge < -0.3 is 10.2 Å². The van der Waals surface area contributed by atoms with Gasteiger partial charge in [-0.15, -0.1) is 10.2 Å². The molecular weight excluding hydrogens is 326 g/mol. The van der Waals surface area contributed by atoms with Gasteiger partial charge in [0.2, 0.25) is 0 Å². The van der Waals surface area contributed by atoms with Crippen molar-refractivity contribution in [3.05, 3.63) is 60.0 Å². The van der Waals surface area contributed by atoms with Crippen LogP contribution in [0.3, 0.4) is 0 Å². The first-order valence-electron chi connectivity index (χ1n) is 9.03. The molecule has 7 nitrogen and oxygen atoms in total. The highest BCUT2D eigenvalue weighted by atomic mass is 15.4. The van der Waals surface area contributed by atoms with Gasteiger partial charge in [-0.2, -0.15) is 5.10 Å². The van der Waals surface area contributed by atoms with Gasteiger partial charge in [0.15, 0.2) is 5.82 Å². The van der Waals surface area contributed by atoms with Crippen LogP contribution in [-0.2, 0) is 6.54 Å². The van der Waals surface area contributed by atoms with Crippen LogP contribution in [0.4, 0.5) is 5.82 Å². The predicted molar refractivity (Wildman–Crippen MR) is 100 cm³/mol. The maximum absolute atomic E-state index is 4.31. The van der Waals surface area contributed by atoms with E-state index in [1.165, 1.54) is 0 Å². The van der Waals surface area contributed by atoms with Gasteiger partial charge in [-0.05, 0) is 44.0 Å². The molecule has 134 valence electrons. The van der Waals surface area contributed by atoms with Crippen molar-refractivity contribution < 1.29 is 0 Å². The highest BCUT2D eigenvalue weighted by Crippen LogP contribution is 2.17. The number of nitrogens with one attached hydrogen (secondary N) is 1. The van der Waals surface area contributed by atoms with Gasteiger partial charge in [0.1, 0.15) is 0 Å². The highest BCUT2D eigenvalue weighted by Gasteiger charge is 2.21. The number of benzene rings is 1. The van der Waals surface area contributed by atoms with Crippen molar-refractivity contribution in [1.29, 1.82) is 0 Å². The first-order chi connectivity index (χ1) is 12.8. The largest absolute Gasteiger partial charge is 0.354 e. The number of anilines is 1. The molecule has 0 bridgehead atoms. The quantitative estimate of drug-likeness (QED) is 0.761. The lowest BCUT2D eigenvalue weighted by Gasteiger charge is -2.33. The molecule has 0 amide bonds. The second-order valence-electron chi connectivity index (χ2n) is 6.69. The lowest BCUT2D eigenvalue weighted by molar-refractivity contribution is 0.417. The number of aromatic nitrogens is 5. The van der Waals surface area contributed by atoms with Crippen molar-refractivity contribution >= 4 is 5.82 Å². The SMILES string of the molecule is Cc1ccc(N2CCC[C@H](NCc3cn(-c4ccccc4)nn3)C2)nn1. The number of hydrogen-bond donors (Lipinski definition) is 1. The fraction of sp³-hybridized carbons (Fsp3) is 0.368. The lowest BCUT2D eigenvalue weighted by Crippen LogP contribution is -2.45. The summed E-state index contributed by atoms with van der Waals surface area (Å²) in [5.74, 6) is 0.956. The third-order valence-electron chi connectivity index (χ3n) is 4.66. The standard InChI is InChI=1S/C19H23N7/c1-15-9-10-19(23-21-15)25-11-5-6-16(13-25)20-12-17-14-26(24-22-17)18-7-3-2-4-8-18/h2-4,7-10,14,16,20H,5-6,11-13H2,1H3/t16-/m0/s1. The third-order valence-corrected chi connectivity index (χ3v) is 4.66. The van der Waals surface area contributed by atoms with E-state index in [2.05, 4.69) is 36.8 Å². The monoisotopic (exact) mass is 349 g/mol. The molecule has 1 N–H and O–H groups in total. The molecule has 0 aliphatic carbocycles. The van der Waals surface area contributed by atoms with Gasteiger partial charge in [-0.25, -0.2) is 4.68 Å². The average Bonchev–Trinajstić information content (AvgIpc) is 3.17. The van der Waals surface area contributed by atoms with Crippen molar-refractivity contribution in [2.45, 2.75) is 32.4 Å². The van der Waals surface area contributed by atoms with Gasteiger partial charge >= 0.3 is 0 Å². The van der Waals surface area contributed by atoms with Crippen LogP contribution in [-0.4, -0.2) is 44.3 Å². The smallest absolute Gasteiger partial charge is 0.151 e. The van der Waals surface area contributed by atoms with Crippen LogP contribution >= 0.6 is 0 Å². The lowest BCUT2D eigenvalue weighted by atomic mass is 10.1. The summed E-state index contributed by atoms with van der Waals surface area (Å²) in [4.78, 5) is 2.30. The summed E-state index contributed by atoms with van der Waals surface area (Å²) in [6.07, 6.45) is 4.28. The molecule has 0 radical (unpaired) electrons. The zero-order chi connectivity index (χ0) is 17.8. The van der Waals surface area contributed by atoms with Crippen molar-refractivity contribution in [3.8, 4) is 5.69 Å². The molecule has 2 aromatic heterocycles. The number of rotatable bonds is 5. The van der Waals surface area contributed by atoms with Crippen LogP contribution in [0.1, 0.15) is 24.2 Å². The molecule has 3 aromatic rings. The van der Waals surface area contributed by atoms with E-state index in [0.29, 0.717) is 12.6 Å². The van der Waals surface area contributed by atoms with E-state index in [-0.39, 0.29) is 0 Å². The maximum Gasteiger partial charge on any atom is 0.151 e. The van der Waals surface area contributed by atoms with E-state index in [0.717, 1.165) is 48.8 Å². The number of hydrogen-bond acceptors (Lipinski definition) is 6. The molecule has 1 atom stereocenters. The van der Waals surface area contributed by atoms with Crippen molar-refractivity contribution in [2.24, 2.45) is 0 Å². The normalized spacial score (nSPS) is 17.4. The van der Waals surface area contributed by atoms with E-state index >= 15 is 0 Å². The van der Waals surface area contributed by atoms with E-state index in [1.807, 2.05) is 54.2 Å². The van der Waals surface area contributed by atoms with Gasteiger partial charge in [-0.3, -0.25) is 0 Å². The molecule has 1 aliphatic heterocycles. The van der Waals surface area contributed by atoms with Gasteiger partial charge in [0.05, 0.1) is 23.3 Å². The molecule has 26 heavy (non-hydrogen) atoms. The Kier molecular flexibility index (Phi) is 4.88. The van der Waals surface area contributed by atoms with Crippen molar-refractivity contribution in [1.82, 2.24) is 30.5 Å². The van der Waals surface area contributed by atoms with E-state index in [1.54, 1.807) is 0 Å². The zero-order valence-electron chi connectivity index (χ0n) is 14.9. The second-order valence-corrected chi connectivity index (χ2v) is 6.69. The Morgan fingerprint density at radius 2 is 1.96 bits per heavy atom. The average molecular weight is 349 g/mol. The van der Waals surface area contributed by atoms with E-state index in [9.17, 15) is 0 Å². The molecule has 1 aliphatic rings. The summed E-state index contributed by atoms with van der Waals surface area (Å²) in [7, 11) is 0. The fourth-order valence-corrected chi connectivity index (χ4v) is 3.25. The summed E-state index contributed by atoms with van der Waals surface area (Å²) < 4.78 is 1.81. The number of nitrogens with zero attached hydrogens (tertiary/aromatic N) is 6. The Labute approximate surface area is 153 Å². The van der Waals surface area contributed by atoms with E-state index in [4.69, 9.17) is 0 Å². The zero-order valence-corrected chi connectivity index (χ0v) is 14.9. The predicted octanol–water partition coefficient (Wildman–Crippen LogP) is 2.12.